The van der Waals surface area contributed by atoms with Gasteiger partial charge in [0, 0.05) is 24.2 Å². The first kappa shape index (κ1) is 13.5. The standard InChI is InChI=1S/C14H17N3O2/c1-9(18)12(15)8-17-14(19)11-6-2-4-10-5-3-7-16-13(10)11/h2-7,9,12,18H,8,15H2,1H3,(H,17,19). The Morgan fingerprint density at radius 3 is 2.89 bits per heavy atom. The van der Waals surface area contributed by atoms with Crippen LogP contribution in [0.1, 0.15) is 17.3 Å². The number of rotatable bonds is 4. The number of nitrogens with one attached hydrogen (secondary N) is 1. The van der Waals surface area contributed by atoms with Crippen LogP contribution in [0.15, 0.2) is 36.5 Å². The number of hydrogen-bond acceptors (Lipinski definition) is 4. The van der Waals surface area contributed by atoms with Crippen LogP contribution in [0.25, 0.3) is 10.9 Å². The van der Waals surface area contributed by atoms with Crippen LogP contribution in [-0.4, -0.2) is 34.7 Å². The van der Waals surface area contributed by atoms with Gasteiger partial charge in [-0.15, -0.1) is 0 Å². The van der Waals surface area contributed by atoms with Gasteiger partial charge in [-0.3, -0.25) is 9.78 Å². The van der Waals surface area contributed by atoms with E-state index in [1.165, 1.54) is 0 Å². The van der Waals surface area contributed by atoms with Crippen molar-refractivity contribution in [1.82, 2.24) is 10.3 Å². The summed E-state index contributed by atoms with van der Waals surface area (Å²) in [5, 5.41) is 12.9. The maximum Gasteiger partial charge on any atom is 0.253 e. The number of aromatic nitrogens is 1. The van der Waals surface area contributed by atoms with Crippen LogP contribution in [0.5, 0.6) is 0 Å². The van der Waals surface area contributed by atoms with E-state index in [1.54, 1.807) is 19.2 Å². The van der Waals surface area contributed by atoms with Gasteiger partial charge in [-0.1, -0.05) is 18.2 Å². The van der Waals surface area contributed by atoms with E-state index >= 15 is 0 Å². The topological polar surface area (TPSA) is 88.2 Å². The molecule has 2 aromatic rings. The second kappa shape index (κ2) is 5.77. The summed E-state index contributed by atoms with van der Waals surface area (Å²) in [5.41, 5.74) is 6.85. The van der Waals surface area contributed by atoms with E-state index in [9.17, 15) is 9.90 Å². The third-order valence-electron chi connectivity index (χ3n) is 3.00. The molecule has 19 heavy (non-hydrogen) atoms. The monoisotopic (exact) mass is 259 g/mol. The van der Waals surface area contributed by atoms with E-state index < -0.39 is 12.1 Å². The molecule has 0 aliphatic rings. The van der Waals surface area contributed by atoms with Crippen LogP contribution >= 0.6 is 0 Å². The molecular weight excluding hydrogens is 242 g/mol. The van der Waals surface area contributed by atoms with Crippen LogP contribution < -0.4 is 11.1 Å². The molecule has 0 saturated carbocycles. The average molecular weight is 259 g/mol. The molecule has 0 spiro atoms. The highest BCUT2D eigenvalue weighted by Gasteiger charge is 2.14. The van der Waals surface area contributed by atoms with Gasteiger partial charge in [-0.25, -0.2) is 0 Å². The molecule has 0 saturated heterocycles. The number of hydrogen-bond donors (Lipinski definition) is 3. The van der Waals surface area contributed by atoms with Gasteiger partial charge < -0.3 is 16.2 Å². The number of fused-ring (bicyclic) bond motifs is 1. The fourth-order valence-corrected chi connectivity index (χ4v) is 1.76. The SMILES string of the molecule is CC(O)C(N)CNC(=O)c1cccc2cccnc12. The van der Waals surface area contributed by atoms with Gasteiger partial charge >= 0.3 is 0 Å². The Hall–Kier alpha value is -1.98. The molecule has 5 heteroatoms. The summed E-state index contributed by atoms with van der Waals surface area (Å²) in [6.45, 7) is 1.82. The molecule has 1 amide bonds. The second-order valence-corrected chi connectivity index (χ2v) is 4.50. The largest absolute Gasteiger partial charge is 0.392 e. The lowest BCUT2D eigenvalue weighted by molar-refractivity contribution is 0.0939. The number of aliphatic hydroxyl groups excluding tert-OH is 1. The van der Waals surface area contributed by atoms with Crippen molar-refractivity contribution in [1.29, 1.82) is 0 Å². The van der Waals surface area contributed by atoms with E-state index in [4.69, 9.17) is 5.73 Å². The first-order chi connectivity index (χ1) is 9.09. The predicted octanol–water partition coefficient (Wildman–Crippen LogP) is 0.673. The minimum absolute atomic E-state index is 0.222. The highest BCUT2D eigenvalue weighted by molar-refractivity contribution is 6.05. The summed E-state index contributed by atoms with van der Waals surface area (Å²) in [6, 6.07) is 8.69. The zero-order chi connectivity index (χ0) is 13.8. The number of carbonyl (C=O) groups is 1. The first-order valence-corrected chi connectivity index (χ1v) is 6.15. The molecule has 1 heterocycles. The van der Waals surface area contributed by atoms with Crippen LogP contribution in [0.3, 0.4) is 0 Å². The van der Waals surface area contributed by atoms with Crippen molar-refractivity contribution in [2.45, 2.75) is 19.1 Å². The molecule has 5 nitrogen and oxygen atoms in total. The number of aliphatic hydroxyl groups is 1. The number of benzene rings is 1. The molecule has 0 aliphatic carbocycles. The van der Waals surface area contributed by atoms with E-state index in [0.29, 0.717) is 11.1 Å². The predicted molar refractivity (Wildman–Crippen MR) is 73.7 cm³/mol. The minimum Gasteiger partial charge on any atom is -0.392 e. The van der Waals surface area contributed by atoms with E-state index in [1.807, 2.05) is 24.3 Å². The van der Waals surface area contributed by atoms with Crippen molar-refractivity contribution in [2.75, 3.05) is 6.54 Å². The molecule has 2 rings (SSSR count). The van der Waals surface area contributed by atoms with Crippen molar-refractivity contribution in [2.24, 2.45) is 5.73 Å². The molecule has 2 unspecified atom stereocenters. The molecule has 1 aromatic carbocycles. The molecule has 0 bridgehead atoms. The van der Waals surface area contributed by atoms with Gasteiger partial charge in [-0.05, 0) is 19.1 Å². The Morgan fingerprint density at radius 1 is 1.42 bits per heavy atom. The highest BCUT2D eigenvalue weighted by Crippen LogP contribution is 2.15. The maximum absolute atomic E-state index is 12.1. The van der Waals surface area contributed by atoms with Crippen molar-refractivity contribution < 1.29 is 9.90 Å². The molecule has 1 aromatic heterocycles. The Bertz CT molecular complexity index is 578. The van der Waals surface area contributed by atoms with Crippen LogP contribution in [0.4, 0.5) is 0 Å². The third kappa shape index (κ3) is 3.07. The Kier molecular flexibility index (Phi) is 4.09. The summed E-state index contributed by atoms with van der Waals surface area (Å²) in [6.07, 6.45) is 0.992. The maximum atomic E-state index is 12.1. The summed E-state index contributed by atoms with van der Waals surface area (Å²) in [4.78, 5) is 16.3. The fraction of sp³-hybridized carbons (Fsp3) is 0.286. The summed E-state index contributed by atoms with van der Waals surface area (Å²) >= 11 is 0. The first-order valence-electron chi connectivity index (χ1n) is 6.15. The molecule has 0 fully saturated rings. The van der Waals surface area contributed by atoms with Crippen molar-refractivity contribution in [3.8, 4) is 0 Å². The number of nitrogens with two attached hydrogens (primary N) is 1. The average Bonchev–Trinajstić information content (AvgIpc) is 2.43. The van der Waals surface area contributed by atoms with Crippen LogP contribution in [-0.2, 0) is 0 Å². The van der Waals surface area contributed by atoms with Gasteiger partial charge in [0.1, 0.15) is 0 Å². The van der Waals surface area contributed by atoms with Crippen molar-refractivity contribution in [3.63, 3.8) is 0 Å². The normalized spacial score (nSPS) is 14.1. The second-order valence-electron chi connectivity index (χ2n) is 4.50. The fourth-order valence-electron chi connectivity index (χ4n) is 1.76. The lowest BCUT2D eigenvalue weighted by Crippen LogP contribution is -2.43. The van der Waals surface area contributed by atoms with Crippen LogP contribution in [0, 0.1) is 0 Å². The Labute approximate surface area is 111 Å². The van der Waals surface area contributed by atoms with E-state index in [-0.39, 0.29) is 12.5 Å². The number of pyridine rings is 1. The van der Waals surface area contributed by atoms with Crippen molar-refractivity contribution in [3.05, 3.63) is 42.1 Å². The highest BCUT2D eigenvalue weighted by atomic mass is 16.3. The van der Waals surface area contributed by atoms with Crippen molar-refractivity contribution >= 4 is 16.8 Å². The molecular formula is C14H17N3O2. The van der Waals surface area contributed by atoms with Gasteiger partial charge in [0.05, 0.1) is 17.2 Å². The smallest absolute Gasteiger partial charge is 0.253 e. The number of nitrogens with zero attached hydrogens (tertiary/aromatic N) is 1. The van der Waals surface area contributed by atoms with Gasteiger partial charge in [-0.2, -0.15) is 0 Å². The number of amides is 1. The summed E-state index contributed by atoms with van der Waals surface area (Å²) < 4.78 is 0. The van der Waals surface area contributed by atoms with E-state index in [2.05, 4.69) is 10.3 Å². The quantitative estimate of drug-likeness (QED) is 0.753. The van der Waals surface area contributed by atoms with Gasteiger partial charge in [0.2, 0.25) is 0 Å². The molecule has 4 N–H and O–H groups in total. The molecule has 0 aliphatic heterocycles. The number of carbonyl (C=O) groups excluding carboxylic acids is 1. The van der Waals surface area contributed by atoms with Crippen LogP contribution in [0.2, 0.25) is 0 Å². The van der Waals surface area contributed by atoms with Gasteiger partial charge in [0.25, 0.3) is 5.91 Å². The Morgan fingerprint density at radius 2 is 2.16 bits per heavy atom. The van der Waals surface area contributed by atoms with E-state index in [0.717, 1.165) is 5.39 Å². The zero-order valence-electron chi connectivity index (χ0n) is 10.7. The zero-order valence-corrected chi connectivity index (χ0v) is 10.7. The van der Waals surface area contributed by atoms with Gasteiger partial charge in [0.15, 0.2) is 0 Å². The lowest BCUT2D eigenvalue weighted by Gasteiger charge is -2.15. The molecule has 2 atom stereocenters. The minimum atomic E-state index is -0.661. The number of para-hydroxylation sites is 1. The summed E-state index contributed by atoms with van der Waals surface area (Å²) in [7, 11) is 0. The molecule has 0 radical (unpaired) electrons. The summed E-state index contributed by atoms with van der Waals surface area (Å²) in [5.74, 6) is -0.236. The lowest BCUT2D eigenvalue weighted by atomic mass is 10.1. The Balaban J connectivity index is 2.18. The molecule has 100 valence electrons. The third-order valence-corrected chi connectivity index (χ3v) is 3.00.